The molecule has 2 aromatic rings. The van der Waals surface area contributed by atoms with Crippen LogP contribution >= 0.6 is 11.8 Å². The molecule has 0 atom stereocenters. The Labute approximate surface area is 156 Å². The van der Waals surface area contributed by atoms with Crippen LogP contribution in [-0.2, 0) is 14.3 Å². The van der Waals surface area contributed by atoms with E-state index in [1.807, 2.05) is 61.5 Å². The number of thioether (sulfide) groups is 1. The highest BCUT2D eigenvalue weighted by Gasteiger charge is 2.22. The maximum Gasteiger partial charge on any atom is 0.330 e. The molecule has 0 bridgehead atoms. The number of benzene rings is 2. The molecule has 0 unspecified atom stereocenters. The first-order valence-corrected chi connectivity index (χ1v) is 8.82. The van der Waals surface area contributed by atoms with E-state index >= 15 is 0 Å². The van der Waals surface area contributed by atoms with Gasteiger partial charge in [0.2, 0.25) is 0 Å². The number of amides is 1. The lowest BCUT2D eigenvalue weighted by molar-refractivity contribution is -0.134. The molecule has 0 saturated heterocycles. The molecule has 4 nitrogen and oxygen atoms in total. The summed E-state index contributed by atoms with van der Waals surface area (Å²) in [6.45, 7) is 2.02. The SMILES string of the molecule is COC(=O)/C=C/c1ccc(/C=C2\SC(c3ccc(C)cc3)=NC2=O)cc1. The zero-order valence-corrected chi connectivity index (χ0v) is 15.2. The molecule has 1 amide bonds. The molecule has 130 valence electrons. The standard InChI is InChI=1S/C21H17NO3S/c1-14-3-10-17(11-4-14)21-22-20(24)18(26-21)13-16-7-5-15(6-8-16)9-12-19(23)25-2/h3-13H,1-2H3/b12-9+,18-13-. The molecule has 0 spiro atoms. The Kier molecular flexibility index (Phi) is 5.49. The zero-order chi connectivity index (χ0) is 18.5. The normalized spacial score (nSPS) is 15.5. The van der Waals surface area contributed by atoms with Crippen LogP contribution in [-0.4, -0.2) is 24.0 Å². The van der Waals surface area contributed by atoms with Crippen LogP contribution in [0.25, 0.3) is 12.2 Å². The van der Waals surface area contributed by atoms with Gasteiger partial charge in [-0.05, 0) is 30.2 Å². The number of carbonyl (C=O) groups excluding carboxylic acids is 2. The fourth-order valence-electron chi connectivity index (χ4n) is 2.32. The van der Waals surface area contributed by atoms with Gasteiger partial charge in [-0.3, -0.25) is 4.79 Å². The van der Waals surface area contributed by atoms with E-state index in [4.69, 9.17) is 0 Å². The molecule has 1 heterocycles. The van der Waals surface area contributed by atoms with Crippen LogP contribution < -0.4 is 0 Å². The number of rotatable bonds is 4. The lowest BCUT2D eigenvalue weighted by Crippen LogP contribution is -1.93. The molecule has 0 N–H and O–H groups in total. The topological polar surface area (TPSA) is 55.7 Å². The maximum atomic E-state index is 12.2. The molecule has 1 aliphatic rings. The van der Waals surface area contributed by atoms with Crippen molar-refractivity contribution in [1.82, 2.24) is 0 Å². The molecule has 1 aliphatic heterocycles. The Morgan fingerprint density at radius 3 is 2.35 bits per heavy atom. The van der Waals surface area contributed by atoms with E-state index in [0.29, 0.717) is 4.91 Å². The number of carbonyl (C=O) groups is 2. The van der Waals surface area contributed by atoms with Gasteiger partial charge in [0.15, 0.2) is 0 Å². The van der Waals surface area contributed by atoms with Gasteiger partial charge in [0.25, 0.3) is 5.91 Å². The van der Waals surface area contributed by atoms with Crippen LogP contribution in [0.1, 0.15) is 22.3 Å². The van der Waals surface area contributed by atoms with E-state index in [9.17, 15) is 9.59 Å². The summed E-state index contributed by atoms with van der Waals surface area (Å²) in [4.78, 5) is 28.0. The van der Waals surface area contributed by atoms with Crippen molar-refractivity contribution in [1.29, 1.82) is 0 Å². The molecule has 5 heteroatoms. The van der Waals surface area contributed by atoms with Crippen LogP contribution in [0.2, 0.25) is 0 Å². The molecular formula is C21H17NO3S. The average molecular weight is 363 g/mol. The fourth-order valence-corrected chi connectivity index (χ4v) is 3.23. The highest BCUT2D eigenvalue weighted by atomic mass is 32.2. The van der Waals surface area contributed by atoms with Crippen molar-refractivity contribution in [3.63, 3.8) is 0 Å². The highest BCUT2D eigenvalue weighted by Crippen LogP contribution is 2.31. The van der Waals surface area contributed by atoms with E-state index in [2.05, 4.69) is 9.73 Å². The van der Waals surface area contributed by atoms with Gasteiger partial charge in [-0.15, -0.1) is 0 Å². The van der Waals surface area contributed by atoms with Gasteiger partial charge in [-0.25, -0.2) is 9.79 Å². The lowest BCUT2D eigenvalue weighted by atomic mass is 10.1. The number of esters is 1. The largest absolute Gasteiger partial charge is 0.466 e. The van der Waals surface area contributed by atoms with Crippen molar-refractivity contribution in [3.05, 3.63) is 81.8 Å². The second-order valence-electron chi connectivity index (χ2n) is 5.72. The molecule has 0 radical (unpaired) electrons. The van der Waals surface area contributed by atoms with Crippen molar-refractivity contribution in [2.45, 2.75) is 6.92 Å². The Bertz CT molecular complexity index is 923. The summed E-state index contributed by atoms with van der Waals surface area (Å²) in [6.07, 6.45) is 4.87. The van der Waals surface area contributed by atoms with Crippen LogP contribution in [0.15, 0.2) is 64.5 Å². The zero-order valence-electron chi connectivity index (χ0n) is 14.4. The summed E-state index contributed by atoms with van der Waals surface area (Å²) in [5, 5.41) is 0.721. The first kappa shape index (κ1) is 17.9. The van der Waals surface area contributed by atoms with E-state index in [-0.39, 0.29) is 5.91 Å². The summed E-state index contributed by atoms with van der Waals surface area (Å²) in [5.74, 6) is -0.620. The van der Waals surface area contributed by atoms with Crippen molar-refractivity contribution in [2.75, 3.05) is 7.11 Å². The Balaban J connectivity index is 1.73. The summed E-state index contributed by atoms with van der Waals surface area (Å²) in [7, 11) is 1.34. The van der Waals surface area contributed by atoms with Gasteiger partial charge in [0, 0.05) is 11.6 Å². The van der Waals surface area contributed by atoms with Crippen LogP contribution in [0.4, 0.5) is 0 Å². The van der Waals surface area contributed by atoms with Crippen LogP contribution in [0.3, 0.4) is 0 Å². The van der Waals surface area contributed by atoms with Crippen molar-refractivity contribution in [2.24, 2.45) is 4.99 Å². The van der Waals surface area contributed by atoms with Gasteiger partial charge >= 0.3 is 5.97 Å². The summed E-state index contributed by atoms with van der Waals surface area (Å²) < 4.78 is 4.56. The van der Waals surface area contributed by atoms with E-state index in [0.717, 1.165) is 21.7 Å². The summed E-state index contributed by atoms with van der Waals surface area (Å²) in [5.41, 5.74) is 3.89. The average Bonchev–Trinajstić information content (AvgIpc) is 3.02. The lowest BCUT2D eigenvalue weighted by Gasteiger charge is -2.00. The number of ether oxygens (including phenoxy) is 1. The predicted octanol–water partition coefficient (Wildman–Crippen LogP) is 4.24. The molecule has 2 aromatic carbocycles. The number of aryl methyl sites for hydroxylation is 1. The monoisotopic (exact) mass is 363 g/mol. The molecule has 0 aromatic heterocycles. The minimum absolute atomic E-state index is 0.222. The van der Waals surface area contributed by atoms with Gasteiger partial charge in [0.1, 0.15) is 5.04 Å². The maximum absolute atomic E-state index is 12.2. The number of aliphatic imine (C=N–C) groups is 1. The van der Waals surface area contributed by atoms with E-state index in [1.165, 1.54) is 30.5 Å². The Hall–Kier alpha value is -2.92. The van der Waals surface area contributed by atoms with Crippen molar-refractivity contribution < 1.29 is 14.3 Å². The molecule has 0 fully saturated rings. The predicted molar refractivity (Wildman–Crippen MR) is 106 cm³/mol. The highest BCUT2D eigenvalue weighted by molar-refractivity contribution is 8.19. The van der Waals surface area contributed by atoms with Gasteiger partial charge in [-0.1, -0.05) is 65.9 Å². The Morgan fingerprint density at radius 1 is 1.04 bits per heavy atom. The number of hydrogen-bond donors (Lipinski definition) is 0. The third-order valence-electron chi connectivity index (χ3n) is 3.77. The van der Waals surface area contributed by atoms with E-state index in [1.54, 1.807) is 6.08 Å². The summed E-state index contributed by atoms with van der Waals surface area (Å²) in [6, 6.07) is 15.5. The Morgan fingerprint density at radius 2 is 1.69 bits per heavy atom. The molecule has 26 heavy (non-hydrogen) atoms. The van der Waals surface area contributed by atoms with Crippen LogP contribution in [0, 0.1) is 6.92 Å². The molecular weight excluding hydrogens is 346 g/mol. The summed E-state index contributed by atoms with van der Waals surface area (Å²) >= 11 is 1.38. The quantitative estimate of drug-likeness (QED) is 0.602. The molecule has 0 saturated carbocycles. The molecule has 3 rings (SSSR count). The van der Waals surface area contributed by atoms with Gasteiger partial charge in [0.05, 0.1) is 12.0 Å². The first-order valence-electron chi connectivity index (χ1n) is 8.01. The third-order valence-corrected chi connectivity index (χ3v) is 4.80. The number of nitrogens with zero attached hydrogens (tertiary/aromatic N) is 1. The van der Waals surface area contributed by atoms with Crippen LogP contribution in [0.5, 0.6) is 0 Å². The molecule has 0 aliphatic carbocycles. The minimum atomic E-state index is -0.398. The van der Waals surface area contributed by atoms with Gasteiger partial charge < -0.3 is 4.74 Å². The first-order chi connectivity index (χ1) is 12.5. The van der Waals surface area contributed by atoms with Crippen molar-refractivity contribution >= 4 is 40.8 Å². The number of methoxy groups -OCH3 is 1. The van der Waals surface area contributed by atoms with Gasteiger partial charge in [-0.2, -0.15) is 0 Å². The van der Waals surface area contributed by atoms with Crippen molar-refractivity contribution in [3.8, 4) is 0 Å². The second kappa shape index (κ2) is 7.97. The third kappa shape index (κ3) is 4.37. The second-order valence-corrected chi connectivity index (χ2v) is 6.75. The number of hydrogen-bond acceptors (Lipinski definition) is 4. The van der Waals surface area contributed by atoms with E-state index < -0.39 is 5.97 Å². The fraction of sp³-hybridized carbons (Fsp3) is 0.0952. The minimum Gasteiger partial charge on any atom is -0.466 e. The smallest absolute Gasteiger partial charge is 0.330 e.